The maximum Gasteiger partial charge on any atom is 0.251 e. The molecule has 2 aromatic rings. The van der Waals surface area contributed by atoms with Crippen LogP contribution in [0.2, 0.25) is 0 Å². The molecule has 3 nitrogen and oxygen atoms in total. The number of benzene rings is 2. The predicted molar refractivity (Wildman–Crippen MR) is 83.1 cm³/mol. The highest BCUT2D eigenvalue weighted by atomic mass is 79.9. The van der Waals surface area contributed by atoms with Gasteiger partial charge in [0.25, 0.3) is 5.91 Å². The molecule has 4 heteroatoms. The first-order chi connectivity index (χ1) is 9.66. The maximum atomic E-state index is 12.0. The molecule has 0 aliphatic heterocycles. The van der Waals surface area contributed by atoms with Gasteiger partial charge in [-0.15, -0.1) is 0 Å². The topological polar surface area (TPSA) is 38.3 Å². The summed E-state index contributed by atoms with van der Waals surface area (Å²) in [6.45, 7) is 2.84. The van der Waals surface area contributed by atoms with Crippen molar-refractivity contribution in [1.29, 1.82) is 0 Å². The van der Waals surface area contributed by atoms with Crippen LogP contribution in [-0.4, -0.2) is 19.1 Å². The van der Waals surface area contributed by atoms with Crippen molar-refractivity contribution in [2.75, 3.05) is 13.2 Å². The standard InChI is InChI=1S/C16H16BrNO2/c1-12-11-13(17)7-8-15(12)16(19)18-9-10-20-14-5-3-2-4-6-14/h2-8,11H,9-10H2,1H3,(H,18,19). The second-order valence-electron chi connectivity index (χ2n) is 4.38. The molecule has 2 rings (SSSR count). The Bertz CT molecular complexity index is 584. The highest BCUT2D eigenvalue weighted by molar-refractivity contribution is 9.10. The Hall–Kier alpha value is -1.81. The van der Waals surface area contributed by atoms with Crippen LogP contribution >= 0.6 is 15.9 Å². The molecule has 0 saturated heterocycles. The Morgan fingerprint density at radius 2 is 1.95 bits per heavy atom. The van der Waals surface area contributed by atoms with Crippen LogP contribution in [0.3, 0.4) is 0 Å². The van der Waals surface area contributed by atoms with Gasteiger partial charge in [0.1, 0.15) is 12.4 Å². The quantitative estimate of drug-likeness (QED) is 0.849. The van der Waals surface area contributed by atoms with E-state index in [-0.39, 0.29) is 5.91 Å². The number of ether oxygens (including phenoxy) is 1. The molecule has 2 aromatic carbocycles. The largest absolute Gasteiger partial charge is 0.492 e. The second-order valence-corrected chi connectivity index (χ2v) is 5.29. The highest BCUT2D eigenvalue weighted by Gasteiger charge is 2.08. The molecule has 0 unspecified atom stereocenters. The second kappa shape index (κ2) is 7.10. The monoisotopic (exact) mass is 333 g/mol. The van der Waals surface area contributed by atoms with Gasteiger partial charge in [-0.1, -0.05) is 34.1 Å². The molecular weight excluding hydrogens is 318 g/mol. The lowest BCUT2D eigenvalue weighted by Gasteiger charge is -2.09. The van der Waals surface area contributed by atoms with Crippen LogP contribution in [0.1, 0.15) is 15.9 Å². The molecule has 1 amide bonds. The van der Waals surface area contributed by atoms with Gasteiger partial charge >= 0.3 is 0 Å². The fourth-order valence-electron chi connectivity index (χ4n) is 1.83. The van der Waals surface area contributed by atoms with Crippen molar-refractivity contribution < 1.29 is 9.53 Å². The molecule has 0 atom stereocenters. The first-order valence-electron chi connectivity index (χ1n) is 6.39. The fraction of sp³-hybridized carbons (Fsp3) is 0.188. The fourth-order valence-corrected chi connectivity index (χ4v) is 2.30. The average Bonchev–Trinajstić information content (AvgIpc) is 2.44. The molecule has 0 fully saturated rings. The van der Waals surface area contributed by atoms with Crippen molar-refractivity contribution in [3.05, 3.63) is 64.1 Å². The van der Waals surface area contributed by atoms with Crippen LogP contribution in [-0.2, 0) is 0 Å². The summed E-state index contributed by atoms with van der Waals surface area (Å²) >= 11 is 3.38. The number of carbonyl (C=O) groups excluding carboxylic acids is 1. The lowest BCUT2D eigenvalue weighted by molar-refractivity contribution is 0.0946. The van der Waals surface area contributed by atoms with Crippen LogP contribution in [0.15, 0.2) is 53.0 Å². The van der Waals surface area contributed by atoms with Crippen molar-refractivity contribution in [1.82, 2.24) is 5.32 Å². The van der Waals surface area contributed by atoms with E-state index >= 15 is 0 Å². The van der Waals surface area contributed by atoms with E-state index in [9.17, 15) is 4.79 Å². The molecule has 0 bridgehead atoms. The van der Waals surface area contributed by atoms with Crippen molar-refractivity contribution >= 4 is 21.8 Å². The van der Waals surface area contributed by atoms with Gasteiger partial charge in [-0.25, -0.2) is 0 Å². The van der Waals surface area contributed by atoms with Gasteiger partial charge in [-0.05, 0) is 42.8 Å². The van der Waals surface area contributed by atoms with E-state index in [1.54, 1.807) is 0 Å². The molecule has 104 valence electrons. The number of hydrogen-bond acceptors (Lipinski definition) is 2. The van der Waals surface area contributed by atoms with Crippen LogP contribution < -0.4 is 10.1 Å². The lowest BCUT2D eigenvalue weighted by Crippen LogP contribution is -2.28. The first-order valence-corrected chi connectivity index (χ1v) is 7.18. The van der Waals surface area contributed by atoms with E-state index in [1.165, 1.54) is 0 Å². The third-order valence-corrected chi connectivity index (χ3v) is 3.33. The molecule has 0 aliphatic rings. The molecule has 0 saturated carbocycles. The summed E-state index contributed by atoms with van der Waals surface area (Å²) in [5, 5.41) is 2.85. The Balaban J connectivity index is 1.80. The van der Waals surface area contributed by atoms with Gasteiger partial charge in [0.05, 0.1) is 6.54 Å². The van der Waals surface area contributed by atoms with Gasteiger partial charge in [-0.3, -0.25) is 4.79 Å². The SMILES string of the molecule is Cc1cc(Br)ccc1C(=O)NCCOc1ccccc1. The molecule has 0 aliphatic carbocycles. The van der Waals surface area contributed by atoms with Gasteiger partial charge in [-0.2, -0.15) is 0 Å². The molecular formula is C16H16BrNO2. The van der Waals surface area contributed by atoms with E-state index in [4.69, 9.17) is 4.74 Å². The van der Waals surface area contributed by atoms with E-state index in [0.29, 0.717) is 18.7 Å². The Morgan fingerprint density at radius 3 is 2.65 bits per heavy atom. The van der Waals surface area contributed by atoms with Crippen molar-refractivity contribution in [2.45, 2.75) is 6.92 Å². The summed E-state index contributed by atoms with van der Waals surface area (Å²) < 4.78 is 6.49. The van der Waals surface area contributed by atoms with Gasteiger partial charge in [0.2, 0.25) is 0 Å². The van der Waals surface area contributed by atoms with E-state index < -0.39 is 0 Å². The number of hydrogen-bond donors (Lipinski definition) is 1. The van der Waals surface area contributed by atoms with Gasteiger partial charge in [0, 0.05) is 10.0 Å². The summed E-state index contributed by atoms with van der Waals surface area (Å²) in [5.74, 6) is 0.730. The summed E-state index contributed by atoms with van der Waals surface area (Å²) in [6.07, 6.45) is 0. The van der Waals surface area contributed by atoms with Crippen LogP contribution in [0.5, 0.6) is 5.75 Å². The third kappa shape index (κ3) is 4.10. The molecule has 20 heavy (non-hydrogen) atoms. The number of amides is 1. The van der Waals surface area contributed by atoms with Gasteiger partial charge in [0.15, 0.2) is 0 Å². The van der Waals surface area contributed by atoms with Crippen molar-refractivity contribution in [2.24, 2.45) is 0 Å². The zero-order valence-corrected chi connectivity index (χ0v) is 12.8. The number of para-hydroxylation sites is 1. The van der Waals surface area contributed by atoms with Crippen molar-refractivity contribution in [3.8, 4) is 5.75 Å². The predicted octanol–water partition coefficient (Wildman–Crippen LogP) is 3.57. The zero-order valence-electron chi connectivity index (χ0n) is 11.2. The average molecular weight is 334 g/mol. The van der Waals surface area contributed by atoms with Crippen LogP contribution in [0.25, 0.3) is 0 Å². The summed E-state index contributed by atoms with van der Waals surface area (Å²) in [6, 6.07) is 15.1. The normalized spacial score (nSPS) is 10.1. The molecule has 0 radical (unpaired) electrons. The molecule has 0 aromatic heterocycles. The van der Waals surface area contributed by atoms with Crippen molar-refractivity contribution in [3.63, 3.8) is 0 Å². The van der Waals surface area contributed by atoms with E-state index in [1.807, 2.05) is 55.5 Å². The zero-order chi connectivity index (χ0) is 14.4. The number of nitrogens with one attached hydrogen (secondary N) is 1. The number of aryl methyl sites for hydroxylation is 1. The van der Waals surface area contributed by atoms with E-state index in [0.717, 1.165) is 15.8 Å². The van der Waals surface area contributed by atoms with Crippen LogP contribution in [0.4, 0.5) is 0 Å². The van der Waals surface area contributed by atoms with Gasteiger partial charge < -0.3 is 10.1 Å². The van der Waals surface area contributed by atoms with Crippen LogP contribution in [0, 0.1) is 6.92 Å². The number of carbonyl (C=O) groups is 1. The van der Waals surface area contributed by atoms with E-state index in [2.05, 4.69) is 21.2 Å². The smallest absolute Gasteiger partial charge is 0.251 e. The maximum absolute atomic E-state index is 12.0. The molecule has 1 N–H and O–H groups in total. The Labute approximate surface area is 127 Å². The highest BCUT2D eigenvalue weighted by Crippen LogP contribution is 2.15. The first kappa shape index (κ1) is 14.6. The Kier molecular flexibility index (Phi) is 5.18. The summed E-state index contributed by atoms with van der Waals surface area (Å²) in [4.78, 5) is 12.0. The number of halogens is 1. The lowest BCUT2D eigenvalue weighted by atomic mass is 10.1. The molecule has 0 spiro atoms. The Morgan fingerprint density at radius 1 is 1.20 bits per heavy atom. The summed E-state index contributed by atoms with van der Waals surface area (Å²) in [5.41, 5.74) is 1.63. The molecule has 0 heterocycles. The minimum atomic E-state index is -0.0772. The number of rotatable bonds is 5. The minimum absolute atomic E-state index is 0.0772. The summed E-state index contributed by atoms with van der Waals surface area (Å²) in [7, 11) is 0. The minimum Gasteiger partial charge on any atom is -0.492 e. The third-order valence-electron chi connectivity index (χ3n) is 2.83.